The largest absolute Gasteiger partial charge is 0.396 e. The van der Waals surface area contributed by atoms with Gasteiger partial charge >= 0.3 is 0 Å². The van der Waals surface area contributed by atoms with Gasteiger partial charge in [-0.25, -0.2) is 0 Å². The van der Waals surface area contributed by atoms with Gasteiger partial charge in [-0.2, -0.15) is 0 Å². The average Bonchev–Trinajstić information content (AvgIpc) is 2.67. The number of fused-ring (bicyclic) bond motifs is 1. The van der Waals surface area contributed by atoms with Gasteiger partial charge in [-0.1, -0.05) is 0 Å². The lowest BCUT2D eigenvalue weighted by Gasteiger charge is -2.42. The molecular formula is C20H30N2O3. The van der Waals surface area contributed by atoms with Crippen LogP contribution in [-0.4, -0.2) is 54.3 Å². The van der Waals surface area contributed by atoms with Crippen LogP contribution < -0.4 is 0 Å². The van der Waals surface area contributed by atoms with Crippen LogP contribution in [0, 0.1) is 5.41 Å². The first kappa shape index (κ1) is 18.3. The Bertz CT molecular complexity index is 605. The fourth-order valence-corrected chi connectivity index (χ4v) is 4.27. The standard InChI is InChI=1S/C20H30N2O3/c1-25-11-5-9-20(15-23)8-4-10-22(14-20)19(24)17-12-16-6-2-3-7-18(16)21-13-17/h12-13,23H,2-11,14-15H2,1H3/t20-/m0/s1. The van der Waals surface area contributed by atoms with E-state index in [9.17, 15) is 9.90 Å². The molecule has 0 spiro atoms. The maximum atomic E-state index is 13.0. The van der Waals surface area contributed by atoms with Crippen molar-refractivity contribution in [1.29, 1.82) is 0 Å². The summed E-state index contributed by atoms with van der Waals surface area (Å²) in [5.74, 6) is 0.0603. The number of hydrogen-bond acceptors (Lipinski definition) is 4. The number of aryl methyl sites for hydroxylation is 2. The first-order valence-corrected chi connectivity index (χ1v) is 9.54. The summed E-state index contributed by atoms with van der Waals surface area (Å²) in [6, 6.07) is 2.05. The van der Waals surface area contributed by atoms with Gasteiger partial charge in [0.05, 0.1) is 12.2 Å². The van der Waals surface area contributed by atoms with Gasteiger partial charge in [0.25, 0.3) is 5.91 Å². The van der Waals surface area contributed by atoms with E-state index < -0.39 is 0 Å². The van der Waals surface area contributed by atoms with Gasteiger partial charge in [0, 0.05) is 44.1 Å². The van der Waals surface area contributed by atoms with Crippen LogP contribution in [0.4, 0.5) is 0 Å². The highest BCUT2D eigenvalue weighted by atomic mass is 16.5. The van der Waals surface area contributed by atoms with E-state index in [4.69, 9.17) is 4.74 Å². The van der Waals surface area contributed by atoms with E-state index in [1.807, 2.05) is 11.0 Å². The first-order chi connectivity index (χ1) is 12.2. The van der Waals surface area contributed by atoms with Gasteiger partial charge in [-0.05, 0) is 63.0 Å². The van der Waals surface area contributed by atoms with E-state index >= 15 is 0 Å². The molecule has 0 radical (unpaired) electrons. The fourth-order valence-electron chi connectivity index (χ4n) is 4.27. The van der Waals surface area contributed by atoms with Gasteiger partial charge in [0.15, 0.2) is 0 Å². The van der Waals surface area contributed by atoms with Gasteiger partial charge in [-0.3, -0.25) is 9.78 Å². The Morgan fingerprint density at radius 3 is 3.00 bits per heavy atom. The molecule has 5 heteroatoms. The summed E-state index contributed by atoms with van der Waals surface area (Å²) in [4.78, 5) is 19.5. The third kappa shape index (κ3) is 4.21. The highest BCUT2D eigenvalue weighted by Gasteiger charge is 2.36. The van der Waals surface area contributed by atoms with Crippen molar-refractivity contribution in [3.63, 3.8) is 0 Å². The molecular weight excluding hydrogens is 316 g/mol. The molecule has 1 amide bonds. The third-order valence-corrected chi connectivity index (χ3v) is 5.76. The molecule has 1 saturated heterocycles. The number of pyridine rings is 1. The Hall–Kier alpha value is -1.46. The molecule has 1 fully saturated rings. The van der Waals surface area contributed by atoms with Gasteiger partial charge in [0.2, 0.25) is 0 Å². The van der Waals surface area contributed by atoms with Crippen LogP contribution in [0.15, 0.2) is 12.3 Å². The molecule has 2 heterocycles. The van der Waals surface area contributed by atoms with Crippen LogP contribution >= 0.6 is 0 Å². The van der Waals surface area contributed by atoms with Crippen molar-refractivity contribution >= 4 is 5.91 Å². The minimum absolute atomic E-state index is 0.0603. The van der Waals surface area contributed by atoms with Crippen molar-refractivity contribution in [2.45, 2.75) is 51.4 Å². The summed E-state index contributed by atoms with van der Waals surface area (Å²) < 4.78 is 5.15. The fraction of sp³-hybridized carbons (Fsp3) is 0.700. The molecule has 1 aromatic heterocycles. The smallest absolute Gasteiger partial charge is 0.255 e. The molecule has 25 heavy (non-hydrogen) atoms. The summed E-state index contributed by atoms with van der Waals surface area (Å²) >= 11 is 0. The molecule has 2 aliphatic rings. The summed E-state index contributed by atoms with van der Waals surface area (Å²) in [6.45, 7) is 2.22. The Kier molecular flexibility index (Phi) is 6.07. The predicted octanol–water partition coefficient (Wildman–Crippen LogP) is 2.60. The summed E-state index contributed by atoms with van der Waals surface area (Å²) in [5.41, 5.74) is 2.91. The number of hydrogen-bond donors (Lipinski definition) is 1. The second-order valence-electron chi connectivity index (χ2n) is 7.62. The quantitative estimate of drug-likeness (QED) is 0.804. The predicted molar refractivity (Wildman–Crippen MR) is 96.6 cm³/mol. The molecule has 0 saturated carbocycles. The first-order valence-electron chi connectivity index (χ1n) is 9.54. The van der Waals surface area contributed by atoms with Gasteiger partial charge in [0.1, 0.15) is 0 Å². The van der Waals surface area contributed by atoms with E-state index in [-0.39, 0.29) is 17.9 Å². The maximum absolute atomic E-state index is 13.0. The number of aliphatic hydroxyl groups is 1. The Morgan fingerprint density at radius 1 is 1.36 bits per heavy atom. The van der Waals surface area contributed by atoms with E-state index in [0.29, 0.717) is 18.7 Å². The van der Waals surface area contributed by atoms with Crippen molar-refractivity contribution in [3.05, 3.63) is 29.1 Å². The van der Waals surface area contributed by atoms with Crippen molar-refractivity contribution in [3.8, 4) is 0 Å². The average molecular weight is 346 g/mol. The number of nitrogens with zero attached hydrogens (tertiary/aromatic N) is 2. The van der Waals surface area contributed by atoms with E-state index in [1.54, 1.807) is 13.3 Å². The SMILES string of the molecule is COCCC[C@@]1(CO)CCCN(C(=O)c2cnc3c(c2)CCCC3)C1. The van der Waals surface area contributed by atoms with Crippen LogP contribution in [-0.2, 0) is 17.6 Å². The monoisotopic (exact) mass is 346 g/mol. The minimum atomic E-state index is -0.186. The Labute approximate surface area is 150 Å². The second-order valence-corrected chi connectivity index (χ2v) is 7.62. The maximum Gasteiger partial charge on any atom is 0.255 e. The summed E-state index contributed by atoms with van der Waals surface area (Å²) in [7, 11) is 1.70. The van der Waals surface area contributed by atoms with Crippen LogP contribution in [0.1, 0.15) is 60.1 Å². The van der Waals surface area contributed by atoms with E-state index in [1.165, 1.54) is 18.4 Å². The minimum Gasteiger partial charge on any atom is -0.396 e. The number of methoxy groups -OCH3 is 1. The number of rotatable bonds is 6. The van der Waals surface area contributed by atoms with Crippen molar-refractivity contribution in [2.75, 3.05) is 33.4 Å². The lowest BCUT2D eigenvalue weighted by molar-refractivity contribution is 0.0180. The van der Waals surface area contributed by atoms with Gasteiger partial charge < -0.3 is 14.7 Å². The number of aromatic nitrogens is 1. The molecule has 0 bridgehead atoms. The number of carbonyl (C=O) groups is 1. The number of aliphatic hydroxyl groups excluding tert-OH is 1. The summed E-state index contributed by atoms with van der Waals surface area (Å²) in [5, 5.41) is 9.98. The number of carbonyl (C=O) groups excluding carboxylic acids is 1. The topological polar surface area (TPSA) is 62.7 Å². The molecule has 1 N–H and O–H groups in total. The lowest BCUT2D eigenvalue weighted by Crippen LogP contribution is -2.48. The molecule has 1 aliphatic carbocycles. The van der Waals surface area contributed by atoms with Crippen LogP contribution in [0.3, 0.4) is 0 Å². The van der Waals surface area contributed by atoms with Crippen LogP contribution in [0.2, 0.25) is 0 Å². The Balaban J connectivity index is 1.71. The molecule has 3 rings (SSSR count). The molecule has 0 aromatic carbocycles. The normalized spacial score (nSPS) is 23.4. The van der Waals surface area contributed by atoms with E-state index in [0.717, 1.165) is 50.8 Å². The zero-order valence-electron chi connectivity index (χ0n) is 15.3. The van der Waals surface area contributed by atoms with Crippen molar-refractivity contribution in [2.24, 2.45) is 5.41 Å². The summed E-state index contributed by atoms with van der Waals surface area (Å²) in [6.07, 6.45) is 9.90. The number of ether oxygens (including phenoxy) is 1. The van der Waals surface area contributed by atoms with E-state index in [2.05, 4.69) is 4.98 Å². The Morgan fingerprint density at radius 2 is 2.20 bits per heavy atom. The van der Waals surface area contributed by atoms with Crippen molar-refractivity contribution < 1.29 is 14.6 Å². The van der Waals surface area contributed by atoms with Crippen molar-refractivity contribution in [1.82, 2.24) is 9.88 Å². The van der Waals surface area contributed by atoms with Crippen LogP contribution in [0.25, 0.3) is 0 Å². The molecule has 1 aromatic rings. The molecule has 138 valence electrons. The van der Waals surface area contributed by atoms with Gasteiger partial charge in [-0.15, -0.1) is 0 Å². The number of amides is 1. The molecule has 5 nitrogen and oxygen atoms in total. The second kappa shape index (κ2) is 8.28. The molecule has 0 unspecified atom stereocenters. The highest BCUT2D eigenvalue weighted by Crippen LogP contribution is 2.35. The number of piperidine rings is 1. The highest BCUT2D eigenvalue weighted by molar-refractivity contribution is 5.94. The zero-order valence-corrected chi connectivity index (χ0v) is 15.3. The molecule has 1 atom stereocenters. The molecule has 1 aliphatic heterocycles. The van der Waals surface area contributed by atoms with Crippen LogP contribution in [0.5, 0.6) is 0 Å². The third-order valence-electron chi connectivity index (χ3n) is 5.76. The lowest BCUT2D eigenvalue weighted by atomic mass is 9.77. The number of likely N-dealkylation sites (tertiary alicyclic amines) is 1. The zero-order chi connectivity index (χ0) is 17.7.